The first-order valence-corrected chi connectivity index (χ1v) is 8.06. The molecule has 0 atom stereocenters. The molecule has 2 heterocycles. The summed E-state index contributed by atoms with van der Waals surface area (Å²) in [6.45, 7) is 2.40. The molecule has 1 aliphatic heterocycles. The van der Waals surface area contributed by atoms with E-state index in [-0.39, 0.29) is 11.6 Å². The maximum Gasteiger partial charge on any atom is 0.254 e. The van der Waals surface area contributed by atoms with E-state index in [9.17, 15) is 4.79 Å². The fourth-order valence-corrected chi connectivity index (χ4v) is 3.08. The summed E-state index contributed by atoms with van der Waals surface area (Å²) in [5.41, 5.74) is 0.768. The Balaban J connectivity index is 1.66. The third-order valence-electron chi connectivity index (χ3n) is 3.77. The number of rotatable bonds is 2. The van der Waals surface area contributed by atoms with E-state index in [0.29, 0.717) is 47.6 Å². The van der Waals surface area contributed by atoms with E-state index in [0.717, 1.165) is 0 Å². The number of halogens is 2. The quantitative estimate of drug-likeness (QED) is 0.821. The second kappa shape index (κ2) is 7.04. The van der Waals surface area contributed by atoms with E-state index in [2.05, 4.69) is 10.2 Å². The number of hydrogen-bond acceptors (Lipinski definition) is 5. The fourth-order valence-electron chi connectivity index (χ4n) is 2.55. The van der Waals surface area contributed by atoms with Crippen LogP contribution in [0.2, 0.25) is 10.0 Å². The molecular formula is C16H13Cl2N5O. The second-order valence-electron chi connectivity index (χ2n) is 5.33. The first kappa shape index (κ1) is 16.5. The average molecular weight is 362 g/mol. The summed E-state index contributed by atoms with van der Waals surface area (Å²) >= 11 is 11.9. The Kier molecular flexibility index (Phi) is 4.84. The van der Waals surface area contributed by atoms with Crippen molar-refractivity contribution >= 4 is 34.9 Å². The van der Waals surface area contributed by atoms with Crippen molar-refractivity contribution in [3.05, 3.63) is 51.6 Å². The third-order valence-corrected chi connectivity index (χ3v) is 4.20. The lowest BCUT2D eigenvalue weighted by molar-refractivity contribution is 0.0746. The summed E-state index contributed by atoms with van der Waals surface area (Å²) in [7, 11) is 0. The van der Waals surface area contributed by atoms with Crippen LogP contribution in [-0.2, 0) is 0 Å². The first-order chi connectivity index (χ1) is 11.6. The Morgan fingerprint density at radius 1 is 1.04 bits per heavy atom. The van der Waals surface area contributed by atoms with Gasteiger partial charge in [0.1, 0.15) is 6.07 Å². The van der Waals surface area contributed by atoms with E-state index in [4.69, 9.17) is 28.5 Å². The van der Waals surface area contributed by atoms with Crippen molar-refractivity contribution in [3.8, 4) is 6.07 Å². The van der Waals surface area contributed by atoms with Crippen molar-refractivity contribution in [2.24, 2.45) is 0 Å². The van der Waals surface area contributed by atoms with Crippen molar-refractivity contribution in [3.63, 3.8) is 0 Å². The number of hydrogen-bond donors (Lipinski definition) is 0. The highest BCUT2D eigenvalue weighted by Gasteiger charge is 2.23. The standard InChI is InChI=1S/C16H13Cl2N5O/c17-12-7-11(8-13(18)9-12)16(24)23-5-3-22(4-6-23)15-2-1-14(10-19)20-21-15/h1-2,7-9H,3-6H2. The zero-order valence-electron chi connectivity index (χ0n) is 12.6. The zero-order valence-corrected chi connectivity index (χ0v) is 14.1. The molecule has 8 heteroatoms. The molecule has 0 aliphatic carbocycles. The Morgan fingerprint density at radius 3 is 2.25 bits per heavy atom. The summed E-state index contributed by atoms with van der Waals surface area (Å²) in [4.78, 5) is 16.3. The van der Waals surface area contributed by atoms with Gasteiger partial charge in [-0.3, -0.25) is 4.79 Å². The van der Waals surface area contributed by atoms with Crippen molar-refractivity contribution in [2.45, 2.75) is 0 Å². The van der Waals surface area contributed by atoms with Crippen molar-refractivity contribution in [1.82, 2.24) is 15.1 Å². The predicted molar refractivity (Wildman–Crippen MR) is 91.3 cm³/mol. The van der Waals surface area contributed by atoms with Gasteiger partial charge in [0.05, 0.1) is 0 Å². The topological polar surface area (TPSA) is 73.1 Å². The smallest absolute Gasteiger partial charge is 0.254 e. The Labute approximate surface area is 149 Å². The van der Waals surface area contributed by atoms with E-state index in [1.807, 2.05) is 11.0 Å². The van der Waals surface area contributed by atoms with Gasteiger partial charge in [0.25, 0.3) is 5.91 Å². The second-order valence-corrected chi connectivity index (χ2v) is 6.20. The molecule has 0 spiro atoms. The molecule has 1 aromatic heterocycles. The van der Waals surface area contributed by atoms with Crippen LogP contribution in [0.25, 0.3) is 0 Å². The third kappa shape index (κ3) is 3.58. The lowest BCUT2D eigenvalue weighted by atomic mass is 10.2. The molecule has 1 saturated heterocycles. The van der Waals surface area contributed by atoms with Crippen molar-refractivity contribution < 1.29 is 4.79 Å². The maximum absolute atomic E-state index is 12.6. The molecule has 1 fully saturated rings. The van der Waals surface area contributed by atoms with Crippen LogP contribution in [0.1, 0.15) is 16.1 Å². The molecule has 122 valence electrons. The molecule has 1 amide bonds. The molecular weight excluding hydrogens is 349 g/mol. The highest BCUT2D eigenvalue weighted by molar-refractivity contribution is 6.35. The average Bonchev–Trinajstić information content (AvgIpc) is 2.60. The van der Waals surface area contributed by atoms with Gasteiger partial charge in [0.15, 0.2) is 11.5 Å². The Morgan fingerprint density at radius 2 is 1.71 bits per heavy atom. The van der Waals surface area contributed by atoms with Crippen LogP contribution in [0.4, 0.5) is 5.82 Å². The number of anilines is 1. The van der Waals surface area contributed by atoms with Crippen molar-refractivity contribution in [2.75, 3.05) is 31.1 Å². The molecule has 6 nitrogen and oxygen atoms in total. The normalized spacial score (nSPS) is 14.4. The number of nitrogens with zero attached hydrogens (tertiary/aromatic N) is 5. The fraction of sp³-hybridized carbons (Fsp3) is 0.250. The number of aromatic nitrogens is 2. The minimum atomic E-state index is -0.0926. The van der Waals surface area contributed by atoms with Crippen molar-refractivity contribution in [1.29, 1.82) is 5.26 Å². The molecule has 2 aromatic rings. The molecule has 1 aromatic carbocycles. The number of carbonyl (C=O) groups excluding carboxylic acids is 1. The number of benzene rings is 1. The van der Waals surface area contributed by atoms with Gasteiger partial charge in [-0.25, -0.2) is 0 Å². The number of piperazine rings is 1. The van der Waals surface area contributed by atoms with Gasteiger partial charge in [0.2, 0.25) is 0 Å². The van der Waals surface area contributed by atoms with Gasteiger partial charge in [0, 0.05) is 41.8 Å². The molecule has 0 unspecified atom stereocenters. The molecule has 3 rings (SSSR count). The maximum atomic E-state index is 12.6. The van der Waals surface area contributed by atoms with Crippen LogP contribution >= 0.6 is 23.2 Å². The van der Waals surface area contributed by atoms with E-state index in [1.54, 1.807) is 35.2 Å². The van der Waals surface area contributed by atoms with Gasteiger partial charge in [-0.2, -0.15) is 5.26 Å². The predicted octanol–water partition coefficient (Wildman–Crippen LogP) is 2.62. The van der Waals surface area contributed by atoms with Gasteiger partial charge >= 0.3 is 0 Å². The van der Waals surface area contributed by atoms with Crippen LogP contribution in [0.15, 0.2) is 30.3 Å². The monoisotopic (exact) mass is 361 g/mol. The molecule has 0 bridgehead atoms. The zero-order chi connectivity index (χ0) is 17.1. The van der Waals surface area contributed by atoms with Gasteiger partial charge in [-0.1, -0.05) is 23.2 Å². The first-order valence-electron chi connectivity index (χ1n) is 7.31. The lowest BCUT2D eigenvalue weighted by Gasteiger charge is -2.35. The van der Waals surface area contributed by atoms with E-state index >= 15 is 0 Å². The largest absolute Gasteiger partial charge is 0.352 e. The minimum absolute atomic E-state index is 0.0926. The summed E-state index contributed by atoms with van der Waals surface area (Å²) in [5.74, 6) is 0.608. The van der Waals surface area contributed by atoms with E-state index < -0.39 is 0 Å². The van der Waals surface area contributed by atoms with Gasteiger partial charge in [-0.15, -0.1) is 10.2 Å². The SMILES string of the molecule is N#Cc1ccc(N2CCN(C(=O)c3cc(Cl)cc(Cl)c3)CC2)nn1. The summed E-state index contributed by atoms with van der Waals surface area (Å²) in [5, 5.41) is 17.5. The van der Waals surface area contributed by atoms with Crippen LogP contribution in [0.5, 0.6) is 0 Å². The van der Waals surface area contributed by atoms with Crippen LogP contribution in [0.3, 0.4) is 0 Å². The minimum Gasteiger partial charge on any atom is -0.352 e. The summed E-state index contributed by atoms with van der Waals surface area (Å²) in [6.07, 6.45) is 0. The molecule has 1 aliphatic rings. The molecule has 24 heavy (non-hydrogen) atoms. The highest BCUT2D eigenvalue weighted by Crippen LogP contribution is 2.21. The number of nitriles is 1. The lowest BCUT2D eigenvalue weighted by Crippen LogP contribution is -2.49. The van der Waals surface area contributed by atoms with Crippen LogP contribution < -0.4 is 4.90 Å². The number of amides is 1. The highest BCUT2D eigenvalue weighted by atomic mass is 35.5. The van der Waals surface area contributed by atoms with E-state index in [1.165, 1.54) is 0 Å². The molecule has 0 saturated carbocycles. The summed E-state index contributed by atoms with van der Waals surface area (Å²) in [6, 6.07) is 10.2. The van der Waals surface area contributed by atoms with Crippen LogP contribution in [0, 0.1) is 11.3 Å². The molecule has 0 radical (unpaired) electrons. The Bertz CT molecular complexity index is 775. The Hall–Kier alpha value is -2.36. The summed E-state index contributed by atoms with van der Waals surface area (Å²) < 4.78 is 0. The number of carbonyl (C=O) groups is 1. The molecule has 0 N–H and O–H groups in total. The van der Waals surface area contributed by atoms with Crippen LogP contribution in [-0.4, -0.2) is 47.2 Å². The van der Waals surface area contributed by atoms with Gasteiger partial charge in [-0.05, 0) is 30.3 Å². The van der Waals surface area contributed by atoms with Gasteiger partial charge < -0.3 is 9.80 Å².